The molecule has 3 aliphatic rings. The van der Waals surface area contributed by atoms with Gasteiger partial charge < -0.3 is 104 Å². The second kappa shape index (κ2) is 35.6. The molecule has 2 heterocycles. The number of phenols is 8. The van der Waals surface area contributed by atoms with Gasteiger partial charge in [-0.3, -0.25) is 4.79 Å². The van der Waals surface area contributed by atoms with E-state index >= 15 is 0 Å². The number of hydrogen-bond acceptors (Lipinski definition) is 23. The van der Waals surface area contributed by atoms with Crippen molar-refractivity contribution < 1.29 is 114 Å². The lowest BCUT2D eigenvalue weighted by Crippen LogP contribution is -2.44. The van der Waals surface area contributed by atoms with Crippen LogP contribution in [-0.4, -0.2) is 166 Å². The van der Waals surface area contributed by atoms with Crippen molar-refractivity contribution in [1.82, 2.24) is 0 Å². The number of aromatic hydroxyl groups is 8. The van der Waals surface area contributed by atoms with Crippen molar-refractivity contribution in [2.45, 2.75) is 56.5 Å². The number of carbonyl (C=O) groups is 2. The Morgan fingerprint density at radius 3 is 1.38 bits per heavy atom. The normalized spacial score (nSPS) is 19.4. The standard InChI is InChI=1S/C20H22O7.C20H24O6.C20H26O6.C18H18O4/c1-25-17-8-12(3-5-15(17)21)7-14-11-27-19(23)20(14,24)10-13-4-6-16(22)18(9-13)26-2;1-25-18-6-11(3-4-16(18)23)20-14-8-17(24)19(26-2)7-12(14)5-13(9-21)15(20)10-22;1-25-19-9-13(3-5-17(19)23)7-15(11-21)16(12-22)8-14-4-6-18(24)20(10-14)26-2;19-15-5-1-3-12(8-15)7-14-11-22-18(21)17(14)10-13-4-2-6-16(20)9-13/h3-6,8-9,14,21-22,24H,7,10-11H2,1-2H3;3-4,6-8,13,15,20-24H,5,9-10H2,1-2H3;3-6,9-10,15-16,21-24H,7-8,11-12H2,1-2H3;1-6,8-9,14,17,19-20H,7,10-11H2. The first-order valence-electron chi connectivity index (χ1n) is 32.8. The van der Waals surface area contributed by atoms with Crippen LogP contribution in [0.5, 0.6) is 80.5 Å². The highest BCUT2D eigenvalue weighted by Gasteiger charge is 2.51. The van der Waals surface area contributed by atoms with E-state index in [0.29, 0.717) is 79.4 Å². The number of rotatable bonds is 24. The average Bonchev–Trinajstić information content (AvgIpc) is 1.19. The second-order valence-electron chi connectivity index (χ2n) is 25.3. The van der Waals surface area contributed by atoms with Gasteiger partial charge >= 0.3 is 11.9 Å². The van der Waals surface area contributed by atoms with Crippen LogP contribution in [0.4, 0.5) is 0 Å². The van der Waals surface area contributed by atoms with Crippen molar-refractivity contribution in [2.75, 3.05) is 82.3 Å². The molecular weight excluding hydrogens is 1300 g/mol. The maximum absolute atomic E-state index is 12.3. The van der Waals surface area contributed by atoms with Gasteiger partial charge in [-0.25, -0.2) is 4.79 Å². The lowest BCUT2D eigenvalue weighted by atomic mass is 9.67. The third kappa shape index (κ3) is 19.2. The summed E-state index contributed by atoms with van der Waals surface area (Å²) in [6.45, 7) is 0.171. The third-order valence-electron chi connectivity index (χ3n) is 18.9. The quantitative estimate of drug-likeness (QED) is 0.0252. The molecule has 8 aromatic carbocycles. The molecule has 101 heavy (non-hydrogen) atoms. The molecule has 11 rings (SSSR count). The summed E-state index contributed by atoms with van der Waals surface area (Å²) >= 11 is 0. The molecule has 9 unspecified atom stereocenters. The Kier molecular flexibility index (Phi) is 27.0. The van der Waals surface area contributed by atoms with Crippen LogP contribution in [0, 0.1) is 41.4 Å². The number of hydrogen-bond donors (Lipinski definition) is 13. The Hall–Kier alpha value is -10.3. The molecule has 0 saturated carbocycles. The highest BCUT2D eigenvalue weighted by Crippen LogP contribution is 2.48. The molecule has 9 atom stereocenters. The van der Waals surface area contributed by atoms with Gasteiger partial charge in [-0.2, -0.15) is 0 Å². The molecule has 23 heteroatoms. The van der Waals surface area contributed by atoms with Crippen LogP contribution in [0.15, 0.2) is 152 Å². The number of methoxy groups -OCH3 is 6. The fraction of sp³-hybridized carbons (Fsp3) is 0.359. The molecule has 2 aliphatic heterocycles. The number of benzene rings is 8. The van der Waals surface area contributed by atoms with Crippen molar-refractivity contribution >= 4 is 11.9 Å². The van der Waals surface area contributed by atoms with Crippen molar-refractivity contribution in [3.8, 4) is 80.5 Å². The van der Waals surface area contributed by atoms with Crippen LogP contribution in [-0.2, 0) is 64.0 Å². The highest BCUT2D eigenvalue weighted by atomic mass is 16.6. The molecule has 0 bridgehead atoms. The predicted octanol–water partition coefficient (Wildman–Crippen LogP) is 8.61. The molecular formula is C78H90O23. The number of carbonyl (C=O) groups excluding carboxylic acids is 2. The summed E-state index contributed by atoms with van der Waals surface area (Å²) in [6.07, 6.45) is 3.29. The SMILES string of the molecule is COc1cc(C2c3cc(O)c(OC)cc3CC(CO)C2CO)ccc1O.COc1cc(CC(CO)C(CO)Cc2ccc(O)c(OC)c2)ccc1O.COc1cc(CC2COC(=O)C2(O)Cc2ccc(O)c(OC)c2)ccc1O.O=C1OCC(Cc2cccc(O)c2)C1Cc1cccc(O)c1. The second-order valence-corrected chi connectivity index (χ2v) is 25.3. The molecule has 0 radical (unpaired) electrons. The number of ether oxygens (including phenoxy) is 8. The van der Waals surface area contributed by atoms with Gasteiger partial charge in [0.2, 0.25) is 0 Å². The summed E-state index contributed by atoms with van der Waals surface area (Å²) < 4.78 is 41.2. The first-order chi connectivity index (χ1) is 48.5. The molecule has 0 spiro atoms. The van der Waals surface area contributed by atoms with Crippen LogP contribution in [0.25, 0.3) is 0 Å². The van der Waals surface area contributed by atoms with Gasteiger partial charge in [0.15, 0.2) is 74.6 Å². The molecule has 1 aliphatic carbocycles. The van der Waals surface area contributed by atoms with Crippen molar-refractivity contribution in [2.24, 2.45) is 41.4 Å². The predicted molar refractivity (Wildman–Crippen MR) is 372 cm³/mol. The molecule has 0 aromatic heterocycles. The topological polar surface area (TPSA) is 371 Å². The van der Waals surface area contributed by atoms with E-state index < -0.39 is 17.5 Å². The van der Waals surface area contributed by atoms with Gasteiger partial charge in [0.1, 0.15) is 11.5 Å². The zero-order valence-electron chi connectivity index (χ0n) is 57.1. The van der Waals surface area contributed by atoms with E-state index in [-0.39, 0.29) is 139 Å². The zero-order valence-corrected chi connectivity index (χ0v) is 57.1. The minimum atomic E-state index is -1.70. The molecule has 2 saturated heterocycles. The Labute approximate surface area is 585 Å². The summed E-state index contributed by atoms with van der Waals surface area (Å²) in [4.78, 5) is 24.3. The van der Waals surface area contributed by atoms with Crippen molar-refractivity contribution in [1.29, 1.82) is 0 Å². The smallest absolute Gasteiger partial charge is 0.338 e. The number of esters is 2. The van der Waals surface area contributed by atoms with Gasteiger partial charge in [0.25, 0.3) is 0 Å². The van der Waals surface area contributed by atoms with Gasteiger partial charge in [-0.15, -0.1) is 0 Å². The number of cyclic esters (lactones) is 2. The van der Waals surface area contributed by atoms with E-state index in [2.05, 4.69) is 0 Å². The van der Waals surface area contributed by atoms with Gasteiger partial charge in [0.05, 0.1) is 61.8 Å². The molecule has 13 N–H and O–H groups in total. The average molecular weight is 1400 g/mol. The Balaban J connectivity index is 0.000000171. The zero-order chi connectivity index (χ0) is 73.1. The largest absolute Gasteiger partial charge is 0.508 e. The molecule has 23 nitrogen and oxygen atoms in total. The van der Waals surface area contributed by atoms with Crippen LogP contribution < -0.4 is 28.4 Å². The van der Waals surface area contributed by atoms with Gasteiger partial charge in [0, 0.05) is 50.6 Å². The number of phenolic OH excluding ortho intramolecular Hbond substituents is 8. The lowest BCUT2D eigenvalue weighted by molar-refractivity contribution is -0.154. The van der Waals surface area contributed by atoms with Crippen LogP contribution >= 0.6 is 0 Å². The fourth-order valence-corrected chi connectivity index (χ4v) is 13.3. The lowest BCUT2D eigenvalue weighted by Gasteiger charge is -2.38. The Morgan fingerprint density at radius 1 is 0.446 bits per heavy atom. The van der Waals surface area contributed by atoms with Crippen LogP contribution in [0.2, 0.25) is 0 Å². The Morgan fingerprint density at radius 2 is 0.891 bits per heavy atom. The molecule has 8 aromatic rings. The highest BCUT2D eigenvalue weighted by molar-refractivity contribution is 5.82. The van der Waals surface area contributed by atoms with E-state index in [1.807, 2.05) is 12.1 Å². The Bertz CT molecular complexity index is 4000. The minimum Gasteiger partial charge on any atom is -0.508 e. The summed E-state index contributed by atoms with van der Waals surface area (Å²) in [5.41, 5.74) is 6.12. The van der Waals surface area contributed by atoms with E-state index in [1.165, 1.54) is 54.8 Å². The maximum atomic E-state index is 12.3. The third-order valence-corrected chi connectivity index (χ3v) is 18.9. The van der Waals surface area contributed by atoms with Crippen molar-refractivity contribution in [3.05, 3.63) is 202 Å². The number of fused-ring (bicyclic) bond motifs is 1. The molecule has 2 fully saturated rings. The summed E-state index contributed by atoms with van der Waals surface area (Å²) in [6, 6.07) is 42.2. The molecule has 0 amide bonds. The van der Waals surface area contributed by atoms with Gasteiger partial charge in [-0.1, -0.05) is 54.6 Å². The maximum Gasteiger partial charge on any atom is 0.338 e. The van der Waals surface area contributed by atoms with Crippen LogP contribution in [0.3, 0.4) is 0 Å². The first-order valence-corrected chi connectivity index (χ1v) is 32.8. The molecule has 540 valence electrons. The van der Waals surface area contributed by atoms with Crippen LogP contribution in [0.1, 0.15) is 56.0 Å². The minimum absolute atomic E-state index is 0.0185. The van der Waals surface area contributed by atoms with E-state index in [1.54, 1.807) is 127 Å². The van der Waals surface area contributed by atoms with Gasteiger partial charge in [-0.05, 0) is 209 Å². The summed E-state index contributed by atoms with van der Waals surface area (Å²) in [7, 11) is 8.82. The van der Waals surface area contributed by atoms with E-state index in [4.69, 9.17) is 37.9 Å². The fourth-order valence-electron chi connectivity index (χ4n) is 13.3. The monoisotopic (exact) mass is 1390 g/mol. The van der Waals surface area contributed by atoms with Crippen molar-refractivity contribution in [3.63, 3.8) is 0 Å². The summed E-state index contributed by atoms with van der Waals surface area (Å²) in [5.74, 6) is 0.244. The number of aliphatic hydroxyl groups excluding tert-OH is 4. The summed E-state index contributed by atoms with van der Waals surface area (Å²) in [5, 5.41) is 129. The first kappa shape index (κ1) is 76.5. The van der Waals surface area contributed by atoms with E-state index in [0.717, 1.165) is 44.5 Å². The number of aliphatic hydroxyl groups is 5. The van der Waals surface area contributed by atoms with E-state index in [9.17, 15) is 76.0 Å².